The summed E-state index contributed by atoms with van der Waals surface area (Å²) in [6, 6.07) is 0. The van der Waals surface area contributed by atoms with E-state index < -0.39 is 0 Å². The Balaban J connectivity index is 2.83. The number of halogens is 2. The van der Waals surface area contributed by atoms with Crippen LogP contribution in [0.3, 0.4) is 0 Å². The smallest absolute Gasteiger partial charge is 0.256 e. The van der Waals surface area contributed by atoms with E-state index >= 15 is 0 Å². The quantitative estimate of drug-likeness (QED) is 0.638. The topological polar surface area (TPSA) is 46.9 Å². The molecule has 6 heteroatoms. The number of carbonyl (C=O) groups excluding carboxylic acids is 1. The number of nitrogens with one attached hydrogen (secondary N) is 1. The summed E-state index contributed by atoms with van der Waals surface area (Å²) >= 11 is 5.47. The Bertz CT molecular complexity index is 375. The maximum atomic E-state index is 11.9. The molecule has 0 saturated carbocycles. The molecule has 0 aromatic carbocycles. The van der Waals surface area contributed by atoms with Gasteiger partial charge in [0.25, 0.3) is 5.91 Å². The fourth-order valence-corrected chi connectivity index (χ4v) is 1.63. The lowest BCUT2D eigenvalue weighted by Gasteiger charge is -2.23. The molecule has 1 amide bonds. The molecule has 0 bridgehead atoms. The second-order valence-electron chi connectivity index (χ2n) is 3.94. The highest BCUT2D eigenvalue weighted by molar-refractivity contribution is 14.1. The van der Waals surface area contributed by atoms with Crippen molar-refractivity contribution in [1.29, 1.82) is 0 Å². The van der Waals surface area contributed by atoms with E-state index in [4.69, 9.17) is 0 Å². The third-order valence-corrected chi connectivity index (χ3v) is 4.58. The van der Waals surface area contributed by atoms with E-state index in [0.717, 1.165) is 3.70 Å². The summed E-state index contributed by atoms with van der Waals surface area (Å²) in [6.45, 7) is 3.92. The molecule has 1 rings (SSSR count). The molecule has 1 aromatic rings. The van der Waals surface area contributed by atoms with Crippen LogP contribution in [-0.2, 0) is 7.05 Å². The molecule has 0 saturated heterocycles. The summed E-state index contributed by atoms with van der Waals surface area (Å²) in [5.74, 6) is -0.0862. The summed E-state index contributed by atoms with van der Waals surface area (Å²) in [6.07, 6.45) is 1.58. The monoisotopic (exact) mass is 385 g/mol. The zero-order valence-electron chi connectivity index (χ0n) is 8.84. The Morgan fingerprint density at radius 1 is 1.73 bits per heavy atom. The third-order valence-electron chi connectivity index (χ3n) is 1.90. The fourth-order valence-electron chi connectivity index (χ4n) is 0.983. The van der Waals surface area contributed by atoms with Crippen molar-refractivity contribution >= 4 is 44.4 Å². The number of aryl methyl sites for hydroxylation is 1. The Morgan fingerprint density at radius 3 is 2.73 bits per heavy atom. The first-order valence-electron chi connectivity index (χ1n) is 4.43. The Kier molecular flexibility index (Phi) is 4.16. The number of aromatic nitrogens is 2. The maximum Gasteiger partial charge on any atom is 0.256 e. The van der Waals surface area contributed by atoms with E-state index in [1.54, 1.807) is 10.9 Å². The van der Waals surface area contributed by atoms with Gasteiger partial charge in [0.15, 0.2) is 0 Å². The first kappa shape index (κ1) is 13.0. The van der Waals surface area contributed by atoms with Crippen LogP contribution in [0.25, 0.3) is 0 Å². The highest BCUT2D eigenvalue weighted by Gasteiger charge is 2.22. The molecule has 1 N–H and O–H groups in total. The van der Waals surface area contributed by atoms with E-state index in [9.17, 15) is 4.79 Å². The molecule has 84 valence electrons. The van der Waals surface area contributed by atoms with Crippen molar-refractivity contribution in [3.05, 3.63) is 15.5 Å². The highest BCUT2D eigenvalue weighted by Crippen LogP contribution is 2.13. The average Bonchev–Trinajstić information content (AvgIpc) is 2.47. The van der Waals surface area contributed by atoms with Gasteiger partial charge in [0.1, 0.15) is 3.70 Å². The van der Waals surface area contributed by atoms with E-state index in [1.165, 1.54) is 0 Å². The summed E-state index contributed by atoms with van der Waals surface area (Å²) in [5, 5.41) is 7.67. The Labute approximate surface area is 111 Å². The normalized spacial score (nSPS) is 11.5. The predicted molar refractivity (Wildman–Crippen MR) is 71.3 cm³/mol. The molecule has 1 aromatic heterocycles. The molecular weight excluding hydrogens is 373 g/mol. The highest BCUT2D eigenvalue weighted by atomic mass is 127. The van der Waals surface area contributed by atoms with E-state index in [0.29, 0.717) is 10.9 Å². The van der Waals surface area contributed by atoms with Crippen molar-refractivity contribution in [2.24, 2.45) is 7.05 Å². The van der Waals surface area contributed by atoms with Gasteiger partial charge in [-0.15, -0.1) is 0 Å². The lowest BCUT2D eigenvalue weighted by molar-refractivity contribution is 0.0920. The lowest BCUT2D eigenvalue weighted by atomic mass is 10.1. The van der Waals surface area contributed by atoms with Crippen molar-refractivity contribution in [2.45, 2.75) is 19.4 Å². The SMILES string of the molecule is Cn1ncc(C(=O)NC(C)(C)CBr)c1I. The summed E-state index contributed by atoms with van der Waals surface area (Å²) in [7, 11) is 1.81. The van der Waals surface area contributed by atoms with E-state index in [1.807, 2.05) is 20.9 Å². The molecule has 15 heavy (non-hydrogen) atoms. The van der Waals surface area contributed by atoms with Crippen molar-refractivity contribution < 1.29 is 4.79 Å². The van der Waals surface area contributed by atoms with Gasteiger partial charge in [0.05, 0.1) is 11.8 Å². The number of hydrogen-bond donors (Lipinski definition) is 1. The molecule has 1 heterocycles. The third kappa shape index (κ3) is 3.17. The second kappa shape index (κ2) is 4.82. The van der Waals surface area contributed by atoms with Gasteiger partial charge in [-0.2, -0.15) is 5.10 Å². The van der Waals surface area contributed by atoms with Crippen molar-refractivity contribution in [2.75, 3.05) is 5.33 Å². The first-order valence-corrected chi connectivity index (χ1v) is 6.63. The number of alkyl halides is 1. The molecular formula is C9H13BrIN3O. The van der Waals surface area contributed by atoms with Crippen LogP contribution < -0.4 is 5.32 Å². The van der Waals surface area contributed by atoms with Gasteiger partial charge in [0.2, 0.25) is 0 Å². The molecule has 0 atom stereocenters. The molecule has 0 aliphatic heterocycles. The standard InChI is InChI=1S/C9H13BrIN3O/c1-9(2,5-10)13-8(15)6-4-12-14(3)7(6)11/h4H,5H2,1-3H3,(H,13,15). The van der Waals surface area contributed by atoms with Crippen LogP contribution in [0, 0.1) is 3.70 Å². The van der Waals surface area contributed by atoms with Gasteiger partial charge in [0, 0.05) is 17.9 Å². The molecule has 0 spiro atoms. The van der Waals surface area contributed by atoms with Crippen LogP contribution in [0.4, 0.5) is 0 Å². The minimum atomic E-state index is -0.254. The van der Waals surface area contributed by atoms with E-state index in [-0.39, 0.29) is 11.4 Å². The van der Waals surface area contributed by atoms with Crippen molar-refractivity contribution in [3.8, 4) is 0 Å². The number of hydrogen-bond acceptors (Lipinski definition) is 2. The van der Waals surface area contributed by atoms with Gasteiger partial charge in [-0.3, -0.25) is 9.48 Å². The predicted octanol–water partition coefficient (Wildman–Crippen LogP) is 1.93. The minimum Gasteiger partial charge on any atom is -0.346 e. The van der Waals surface area contributed by atoms with Gasteiger partial charge < -0.3 is 5.32 Å². The van der Waals surface area contributed by atoms with Crippen LogP contribution in [0.2, 0.25) is 0 Å². The zero-order valence-corrected chi connectivity index (χ0v) is 12.6. The zero-order chi connectivity index (χ0) is 11.6. The lowest BCUT2D eigenvalue weighted by Crippen LogP contribution is -2.44. The van der Waals surface area contributed by atoms with Crippen LogP contribution >= 0.6 is 38.5 Å². The fraction of sp³-hybridized carbons (Fsp3) is 0.556. The Morgan fingerprint density at radius 2 is 2.33 bits per heavy atom. The number of nitrogens with zero attached hydrogens (tertiary/aromatic N) is 2. The number of amides is 1. The van der Waals surface area contributed by atoms with Gasteiger partial charge in [-0.1, -0.05) is 15.9 Å². The molecule has 0 aliphatic carbocycles. The second-order valence-corrected chi connectivity index (χ2v) is 5.53. The molecule has 0 fully saturated rings. The van der Waals surface area contributed by atoms with Gasteiger partial charge in [-0.05, 0) is 36.4 Å². The summed E-state index contributed by atoms with van der Waals surface area (Å²) < 4.78 is 2.52. The van der Waals surface area contributed by atoms with E-state index in [2.05, 4.69) is 48.9 Å². The summed E-state index contributed by atoms with van der Waals surface area (Å²) in [4.78, 5) is 11.9. The Hall–Kier alpha value is -0.110. The van der Waals surface area contributed by atoms with Gasteiger partial charge in [-0.25, -0.2) is 0 Å². The van der Waals surface area contributed by atoms with Crippen molar-refractivity contribution in [3.63, 3.8) is 0 Å². The molecule has 0 radical (unpaired) electrons. The van der Waals surface area contributed by atoms with Gasteiger partial charge >= 0.3 is 0 Å². The molecule has 0 unspecified atom stereocenters. The van der Waals surface area contributed by atoms with Crippen LogP contribution in [0.1, 0.15) is 24.2 Å². The van der Waals surface area contributed by atoms with Crippen LogP contribution in [0.15, 0.2) is 6.20 Å². The first-order chi connectivity index (χ1) is 6.87. The molecule has 4 nitrogen and oxygen atoms in total. The average molecular weight is 386 g/mol. The largest absolute Gasteiger partial charge is 0.346 e. The summed E-state index contributed by atoms with van der Waals surface area (Å²) in [5.41, 5.74) is 0.364. The van der Waals surface area contributed by atoms with Crippen LogP contribution in [0.5, 0.6) is 0 Å². The van der Waals surface area contributed by atoms with Crippen LogP contribution in [-0.4, -0.2) is 26.6 Å². The minimum absolute atomic E-state index is 0.0862. The number of carbonyl (C=O) groups is 1. The maximum absolute atomic E-state index is 11.9. The molecule has 0 aliphatic rings. The van der Waals surface area contributed by atoms with Crippen molar-refractivity contribution in [1.82, 2.24) is 15.1 Å². The number of rotatable bonds is 3.